The first-order valence-electron chi connectivity index (χ1n) is 26.6. The lowest BCUT2D eigenvalue weighted by atomic mass is 9.97. The number of nitrogens with zero attached hydrogens (tertiary/aromatic N) is 6. The average molecular weight is 1020 g/mol. The van der Waals surface area contributed by atoms with Gasteiger partial charge < -0.3 is 18.3 Å². The van der Waals surface area contributed by atoms with E-state index in [1.54, 1.807) is 11.3 Å². The first-order chi connectivity index (χ1) is 39.2. The third-order valence-corrected chi connectivity index (χ3v) is 17.8. The van der Waals surface area contributed by atoms with E-state index >= 15 is 0 Å². The largest absolute Gasteiger partial charge is 0.306 e. The van der Waals surface area contributed by atoms with E-state index in [-0.39, 0.29) is 11.1 Å². The first kappa shape index (κ1) is 43.5. The zero-order valence-corrected chi connectivity index (χ0v) is 43.0. The average Bonchev–Trinajstić information content (AvgIpc) is 3.87. The summed E-state index contributed by atoms with van der Waals surface area (Å²) in [5, 5.41) is 38.1. The predicted octanol–water partition coefficient (Wildman–Crippen LogP) is 19.0. The van der Waals surface area contributed by atoms with Crippen LogP contribution in [0, 0.1) is 22.7 Å². The SMILES string of the molecule is N#Cc1c(C#N)c(-n2c3cc(-c4cccc5ccccc45)ccc3c3ccc4c5ccccc5sc4c32)c(-n2c3ccccc3c3ccccc32)c(-n2c3ccccc3c3ccccc32)c1-n1c2ccccc2c2ccccc21. The molecule has 0 amide bonds. The number of benzene rings is 12. The Hall–Kier alpha value is -10.7. The molecule has 17 rings (SSSR count). The Bertz CT molecular complexity index is 5440. The number of aromatic nitrogens is 4. The van der Waals surface area contributed by atoms with Gasteiger partial charge in [-0.3, -0.25) is 0 Å². The van der Waals surface area contributed by atoms with Crippen LogP contribution >= 0.6 is 11.3 Å². The first-order valence-corrected chi connectivity index (χ1v) is 27.4. The number of hydrogen-bond donors (Lipinski definition) is 0. The van der Waals surface area contributed by atoms with Crippen LogP contribution in [0.5, 0.6) is 0 Å². The molecule has 0 saturated heterocycles. The lowest BCUT2D eigenvalue weighted by Gasteiger charge is -2.28. The van der Waals surface area contributed by atoms with Gasteiger partial charge in [0.1, 0.15) is 12.1 Å². The van der Waals surface area contributed by atoms with E-state index in [9.17, 15) is 10.5 Å². The second-order valence-corrected chi connectivity index (χ2v) is 21.6. The van der Waals surface area contributed by atoms with Crippen molar-refractivity contribution < 1.29 is 0 Å². The van der Waals surface area contributed by atoms with Crippen LogP contribution in [0.2, 0.25) is 0 Å². The molecule has 0 fully saturated rings. The molecule has 12 aromatic carbocycles. The molecule has 5 aromatic heterocycles. The van der Waals surface area contributed by atoms with Crippen LogP contribution < -0.4 is 0 Å². The minimum Gasteiger partial charge on any atom is -0.306 e. The molecule has 79 heavy (non-hydrogen) atoms. The number of nitriles is 2. The molecule has 0 saturated carbocycles. The van der Waals surface area contributed by atoms with E-state index in [1.165, 1.54) is 10.1 Å². The van der Waals surface area contributed by atoms with Gasteiger partial charge in [-0.2, -0.15) is 10.5 Å². The van der Waals surface area contributed by atoms with E-state index in [0.717, 1.165) is 131 Å². The zero-order valence-electron chi connectivity index (χ0n) is 42.2. The Morgan fingerprint density at radius 2 is 0.671 bits per heavy atom. The van der Waals surface area contributed by atoms with Gasteiger partial charge in [0.25, 0.3) is 0 Å². The van der Waals surface area contributed by atoms with Crippen molar-refractivity contribution in [2.45, 2.75) is 0 Å². The van der Waals surface area contributed by atoms with Crippen LogP contribution in [-0.2, 0) is 0 Å². The number of thiophene rings is 1. The fourth-order valence-corrected chi connectivity index (χ4v) is 14.7. The molecular formula is C72H40N6S. The van der Waals surface area contributed by atoms with Crippen molar-refractivity contribution >= 4 is 130 Å². The highest BCUT2D eigenvalue weighted by atomic mass is 32.1. The molecule has 6 nitrogen and oxygen atoms in total. The molecule has 0 unspecified atom stereocenters. The Morgan fingerprint density at radius 3 is 1.18 bits per heavy atom. The third-order valence-electron chi connectivity index (χ3n) is 16.6. The number of hydrogen-bond acceptors (Lipinski definition) is 3. The summed E-state index contributed by atoms with van der Waals surface area (Å²) in [7, 11) is 0. The lowest BCUT2D eigenvalue weighted by Crippen LogP contribution is -2.17. The second kappa shape index (κ2) is 16.4. The zero-order chi connectivity index (χ0) is 52.0. The number of rotatable bonds is 5. The molecule has 0 aliphatic rings. The summed E-state index contributed by atoms with van der Waals surface area (Å²) in [4.78, 5) is 0. The van der Waals surface area contributed by atoms with Crippen LogP contribution in [0.25, 0.3) is 152 Å². The van der Waals surface area contributed by atoms with Crippen molar-refractivity contribution in [2.75, 3.05) is 0 Å². The van der Waals surface area contributed by atoms with E-state index in [1.807, 2.05) is 0 Å². The Kier molecular flexibility index (Phi) is 9.04. The van der Waals surface area contributed by atoms with Crippen molar-refractivity contribution in [3.8, 4) is 46.0 Å². The molecular weight excluding hydrogens is 981 g/mol. The van der Waals surface area contributed by atoms with Gasteiger partial charge >= 0.3 is 0 Å². The Balaban J connectivity index is 1.20. The number of para-hydroxylation sites is 6. The van der Waals surface area contributed by atoms with E-state index < -0.39 is 0 Å². The van der Waals surface area contributed by atoms with Crippen LogP contribution in [0.4, 0.5) is 0 Å². The lowest BCUT2D eigenvalue weighted by molar-refractivity contribution is 1.01. The highest BCUT2D eigenvalue weighted by Crippen LogP contribution is 2.51. The molecule has 0 spiro atoms. The summed E-state index contributed by atoms with van der Waals surface area (Å²) >= 11 is 1.77. The minimum atomic E-state index is 0.271. The fourth-order valence-electron chi connectivity index (χ4n) is 13.4. The van der Waals surface area contributed by atoms with Gasteiger partial charge in [0.15, 0.2) is 0 Å². The Morgan fingerprint density at radius 1 is 0.291 bits per heavy atom. The highest BCUT2D eigenvalue weighted by Gasteiger charge is 2.35. The van der Waals surface area contributed by atoms with Crippen molar-refractivity contribution in [1.82, 2.24) is 18.3 Å². The predicted molar refractivity (Wildman–Crippen MR) is 329 cm³/mol. The summed E-state index contributed by atoms with van der Waals surface area (Å²) in [6.07, 6.45) is 0. The van der Waals surface area contributed by atoms with Crippen molar-refractivity contribution in [3.05, 3.63) is 254 Å². The van der Waals surface area contributed by atoms with Crippen LogP contribution in [-0.4, -0.2) is 18.3 Å². The van der Waals surface area contributed by atoms with Crippen LogP contribution in [0.15, 0.2) is 243 Å². The van der Waals surface area contributed by atoms with Gasteiger partial charge in [0.2, 0.25) is 0 Å². The van der Waals surface area contributed by atoms with Gasteiger partial charge in [-0.25, -0.2) is 0 Å². The summed E-state index contributed by atoms with van der Waals surface area (Å²) in [6, 6.07) is 92.1. The van der Waals surface area contributed by atoms with Gasteiger partial charge in [-0.15, -0.1) is 11.3 Å². The molecule has 0 aliphatic carbocycles. The summed E-state index contributed by atoms with van der Waals surface area (Å²) < 4.78 is 11.7. The normalized spacial score (nSPS) is 12.0. The molecule has 17 aromatic rings. The second-order valence-electron chi connectivity index (χ2n) is 20.5. The van der Waals surface area contributed by atoms with Gasteiger partial charge in [0.05, 0.1) is 82.7 Å². The Labute approximate surface area is 455 Å². The van der Waals surface area contributed by atoms with E-state index in [2.05, 4.69) is 273 Å². The quantitative estimate of drug-likeness (QED) is 0.172. The standard InChI is InChI=1S/C72H40N6S/c73-41-57-58(42-74)68(78-65-40-44(46-28-17-19-43-18-1-2-20-45(43)46)36-37-53(65)55-38-39-56-54-27-9-16-35-66(54)79-72(56)69(55)78)71(77-63-33-14-7-25-51(63)52-26-8-15-34-64(52)77)70(76-61-31-12-5-23-49(61)50-24-6-13-32-62(50)76)67(57)75-59-29-10-3-21-47(59)48-22-4-11-30-60(48)75/h1-40H. The molecule has 0 N–H and O–H groups in total. The fraction of sp³-hybridized carbons (Fsp3) is 0. The molecule has 0 radical (unpaired) electrons. The molecule has 364 valence electrons. The van der Waals surface area contributed by atoms with Gasteiger partial charge in [0, 0.05) is 58.6 Å². The van der Waals surface area contributed by atoms with E-state index in [0.29, 0.717) is 11.4 Å². The maximum absolute atomic E-state index is 12.6. The van der Waals surface area contributed by atoms with Crippen LogP contribution in [0.1, 0.15) is 11.1 Å². The maximum atomic E-state index is 12.6. The highest BCUT2D eigenvalue weighted by molar-refractivity contribution is 7.26. The summed E-state index contributed by atoms with van der Waals surface area (Å²) in [6.45, 7) is 0. The van der Waals surface area contributed by atoms with Gasteiger partial charge in [-0.1, -0.05) is 194 Å². The molecule has 0 atom stereocenters. The van der Waals surface area contributed by atoms with E-state index in [4.69, 9.17) is 0 Å². The molecule has 7 heteroatoms. The van der Waals surface area contributed by atoms with Crippen molar-refractivity contribution in [3.63, 3.8) is 0 Å². The number of fused-ring (bicyclic) bond motifs is 17. The molecule has 0 aliphatic heterocycles. The molecule has 0 bridgehead atoms. The topological polar surface area (TPSA) is 67.3 Å². The smallest absolute Gasteiger partial charge is 0.103 e. The van der Waals surface area contributed by atoms with Crippen molar-refractivity contribution in [2.24, 2.45) is 0 Å². The summed E-state index contributed by atoms with van der Waals surface area (Å²) in [5.74, 6) is 0. The maximum Gasteiger partial charge on any atom is 0.103 e. The monoisotopic (exact) mass is 1020 g/mol. The minimum absolute atomic E-state index is 0.271. The van der Waals surface area contributed by atoms with Gasteiger partial charge in [-0.05, 0) is 70.4 Å². The molecule has 5 heterocycles. The van der Waals surface area contributed by atoms with Crippen molar-refractivity contribution in [1.29, 1.82) is 10.5 Å². The third kappa shape index (κ3) is 5.86. The summed E-state index contributed by atoms with van der Waals surface area (Å²) in [5.41, 5.74) is 13.1. The van der Waals surface area contributed by atoms with Crippen LogP contribution in [0.3, 0.4) is 0 Å².